The number of amides is 1. The van der Waals surface area contributed by atoms with E-state index in [4.69, 9.17) is 9.47 Å². The zero-order valence-corrected chi connectivity index (χ0v) is 15.6. The molecule has 0 saturated carbocycles. The number of nitro groups is 1. The van der Waals surface area contributed by atoms with Crippen molar-refractivity contribution >= 4 is 40.3 Å². The highest BCUT2D eigenvalue weighted by Crippen LogP contribution is 2.40. The SMILES string of the molecule is CCc1ccc(N=C2NC(=O)C(=Cc3cc4c(cc3[N+](=O)[O-])OCO4)S2)cc1. The molecule has 0 aromatic heterocycles. The van der Waals surface area contributed by atoms with Gasteiger partial charge in [0.05, 0.1) is 27.1 Å². The van der Waals surface area contributed by atoms with Crippen LogP contribution < -0.4 is 14.8 Å². The van der Waals surface area contributed by atoms with Crippen LogP contribution in [0.15, 0.2) is 46.3 Å². The van der Waals surface area contributed by atoms with Crippen LogP contribution >= 0.6 is 11.8 Å². The van der Waals surface area contributed by atoms with Crippen LogP contribution in [0.25, 0.3) is 6.08 Å². The third-order valence-electron chi connectivity index (χ3n) is 4.23. The quantitative estimate of drug-likeness (QED) is 0.478. The van der Waals surface area contributed by atoms with Crippen molar-refractivity contribution in [1.82, 2.24) is 5.32 Å². The highest BCUT2D eigenvalue weighted by Gasteiger charge is 2.27. The van der Waals surface area contributed by atoms with Gasteiger partial charge < -0.3 is 14.8 Å². The van der Waals surface area contributed by atoms with E-state index in [2.05, 4.69) is 17.2 Å². The Hall–Kier alpha value is -3.33. The highest BCUT2D eigenvalue weighted by molar-refractivity contribution is 8.18. The Morgan fingerprint density at radius 2 is 1.96 bits per heavy atom. The summed E-state index contributed by atoms with van der Waals surface area (Å²) in [4.78, 5) is 27.9. The summed E-state index contributed by atoms with van der Waals surface area (Å²) in [6, 6.07) is 10.5. The molecule has 1 N–H and O–H groups in total. The van der Waals surface area contributed by atoms with Crippen molar-refractivity contribution in [2.45, 2.75) is 13.3 Å². The fourth-order valence-corrected chi connectivity index (χ4v) is 3.60. The van der Waals surface area contributed by atoms with Gasteiger partial charge in [-0.1, -0.05) is 19.1 Å². The van der Waals surface area contributed by atoms with E-state index in [0.717, 1.165) is 23.9 Å². The molecule has 142 valence electrons. The van der Waals surface area contributed by atoms with Crippen molar-refractivity contribution < 1.29 is 19.2 Å². The van der Waals surface area contributed by atoms with Gasteiger partial charge in [-0.3, -0.25) is 14.9 Å². The summed E-state index contributed by atoms with van der Waals surface area (Å²) in [5, 5.41) is 14.5. The van der Waals surface area contributed by atoms with Gasteiger partial charge in [-0.15, -0.1) is 0 Å². The van der Waals surface area contributed by atoms with Gasteiger partial charge in [0.15, 0.2) is 16.7 Å². The first-order valence-electron chi connectivity index (χ1n) is 8.50. The van der Waals surface area contributed by atoms with E-state index in [0.29, 0.717) is 21.6 Å². The van der Waals surface area contributed by atoms with Crippen LogP contribution in [0.2, 0.25) is 0 Å². The molecule has 2 aliphatic heterocycles. The topological polar surface area (TPSA) is 103 Å². The number of aryl methyl sites for hydroxylation is 1. The molecule has 1 fully saturated rings. The molecule has 1 amide bonds. The summed E-state index contributed by atoms with van der Waals surface area (Å²) in [6.45, 7) is 2.08. The third-order valence-corrected chi connectivity index (χ3v) is 5.14. The van der Waals surface area contributed by atoms with Crippen molar-refractivity contribution in [3.63, 3.8) is 0 Å². The number of hydrogen-bond acceptors (Lipinski definition) is 7. The van der Waals surface area contributed by atoms with Crippen molar-refractivity contribution in [3.8, 4) is 11.5 Å². The van der Waals surface area contributed by atoms with Crippen molar-refractivity contribution in [2.24, 2.45) is 4.99 Å². The minimum atomic E-state index is -0.518. The molecule has 9 heteroatoms. The molecule has 0 radical (unpaired) electrons. The number of carbonyl (C=O) groups is 1. The number of thioether (sulfide) groups is 1. The molecule has 0 atom stereocenters. The average molecular weight is 397 g/mol. The van der Waals surface area contributed by atoms with Gasteiger partial charge in [-0.2, -0.15) is 0 Å². The van der Waals surface area contributed by atoms with Crippen molar-refractivity contribution in [1.29, 1.82) is 0 Å². The van der Waals surface area contributed by atoms with Crippen LogP contribution in [0.5, 0.6) is 11.5 Å². The number of nitrogens with zero attached hydrogens (tertiary/aromatic N) is 2. The van der Waals surface area contributed by atoms with Crippen LogP contribution in [-0.4, -0.2) is 22.8 Å². The molecule has 8 nitrogen and oxygen atoms in total. The Labute approximate surface area is 164 Å². The minimum Gasteiger partial charge on any atom is -0.454 e. The van der Waals surface area contributed by atoms with E-state index in [1.165, 1.54) is 23.8 Å². The zero-order valence-electron chi connectivity index (χ0n) is 14.8. The predicted octanol–water partition coefficient (Wildman–Crippen LogP) is 3.78. The summed E-state index contributed by atoms with van der Waals surface area (Å²) in [6.07, 6.45) is 2.40. The Balaban J connectivity index is 1.63. The van der Waals surface area contributed by atoms with Crippen LogP contribution in [-0.2, 0) is 11.2 Å². The van der Waals surface area contributed by atoms with Crippen LogP contribution in [0.3, 0.4) is 0 Å². The van der Waals surface area contributed by atoms with E-state index in [9.17, 15) is 14.9 Å². The summed E-state index contributed by atoms with van der Waals surface area (Å²) in [5.74, 6) is 0.363. The van der Waals surface area contributed by atoms with Gasteiger partial charge in [0.1, 0.15) is 0 Å². The van der Waals surface area contributed by atoms with Crippen molar-refractivity contribution in [3.05, 3.63) is 62.5 Å². The number of ether oxygens (including phenoxy) is 2. The number of carbonyl (C=O) groups excluding carboxylic acids is 1. The van der Waals surface area contributed by atoms with E-state index < -0.39 is 4.92 Å². The second-order valence-electron chi connectivity index (χ2n) is 6.02. The zero-order chi connectivity index (χ0) is 19.7. The molecule has 2 aliphatic rings. The normalized spacial score (nSPS) is 18.0. The monoisotopic (exact) mass is 397 g/mol. The van der Waals surface area contributed by atoms with Gasteiger partial charge in [-0.25, -0.2) is 4.99 Å². The standard InChI is InChI=1S/C19H15N3O5S/c1-2-11-3-5-13(6-4-11)20-19-21-18(23)17(28-19)8-12-7-15-16(27-10-26-15)9-14(12)22(24)25/h3-9H,2,10H2,1H3,(H,20,21,23). The van der Waals surface area contributed by atoms with Gasteiger partial charge in [0, 0.05) is 0 Å². The van der Waals surface area contributed by atoms with E-state index in [1.807, 2.05) is 24.3 Å². The van der Waals surface area contributed by atoms with Crippen LogP contribution in [0.1, 0.15) is 18.1 Å². The largest absolute Gasteiger partial charge is 0.454 e. The smallest absolute Gasteiger partial charge is 0.280 e. The Morgan fingerprint density at radius 3 is 2.64 bits per heavy atom. The number of benzene rings is 2. The Morgan fingerprint density at radius 1 is 1.25 bits per heavy atom. The molecule has 0 unspecified atom stereocenters. The Bertz CT molecular complexity index is 1030. The van der Waals surface area contributed by atoms with E-state index in [-0.39, 0.29) is 24.0 Å². The third kappa shape index (κ3) is 3.56. The number of amidine groups is 1. The summed E-state index contributed by atoms with van der Waals surface area (Å²) >= 11 is 1.13. The molecule has 28 heavy (non-hydrogen) atoms. The Kier molecular flexibility index (Phi) is 4.74. The first kappa shape index (κ1) is 18.1. The number of aliphatic imine (C=N–C) groups is 1. The molecule has 0 aliphatic carbocycles. The molecule has 2 aromatic carbocycles. The highest BCUT2D eigenvalue weighted by atomic mass is 32.2. The molecular formula is C19H15N3O5S. The fraction of sp³-hybridized carbons (Fsp3) is 0.158. The maximum absolute atomic E-state index is 12.3. The molecule has 0 bridgehead atoms. The van der Waals surface area contributed by atoms with Gasteiger partial charge in [0.2, 0.25) is 6.79 Å². The van der Waals surface area contributed by atoms with E-state index >= 15 is 0 Å². The molecule has 2 aromatic rings. The second kappa shape index (κ2) is 7.35. The average Bonchev–Trinajstić information content (AvgIpc) is 3.27. The summed E-state index contributed by atoms with van der Waals surface area (Å²) < 4.78 is 10.5. The second-order valence-corrected chi connectivity index (χ2v) is 7.05. The molecular weight excluding hydrogens is 382 g/mol. The molecule has 4 rings (SSSR count). The number of nitro benzene ring substituents is 1. The number of nitrogens with one attached hydrogen (secondary N) is 1. The fourth-order valence-electron chi connectivity index (χ4n) is 2.77. The molecule has 1 saturated heterocycles. The first-order chi connectivity index (χ1) is 13.5. The lowest BCUT2D eigenvalue weighted by Crippen LogP contribution is -2.19. The van der Waals surface area contributed by atoms with Gasteiger partial charge >= 0.3 is 0 Å². The number of fused-ring (bicyclic) bond motifs is 1. The summed E-state index contributed by atoms with van der Waals surface area (Å²) in [7, 11) is 0. The summed E-state index contributed by atoms with van der Waals surface area (Å²) in [5.41, 5.74) is 2.02. The molecule has 2 heterocycles. The number of hydrogen-bond donors (Lipinski definition) is 1. The van der Waals surface area contributed by atoms with E-state index in [1.54, 1.807) is 0 Å². The van der Waals surface area contributed by atoms with Gasteiger partial charge in [-0.05, 0) is 48.0 Å². The van der Waals surface area contributed by atoms with Crippen molar-refractivity contribution in [2.75, 3.05) is 6.79 Å². The number of rotatable bonds is 4. The molecule has 0 spiro atoms. The maximum Gasteiger partial charge on any atom is 0.280 e. The van der Waals surface area contributed by atoms with Crippen LogP contribution in [0.4, 0.5) is 11.4 Å². The van der Waals surface area contributed by atoms with Crippen LogP contribution in [0, 0.1) is 10.1 Å². The predicted molar refractivity (Wildman–Crippen MR) is 106 cm³/mol. The lowest BCUT2D eigenvalue weighted by Gasteiger charge is -2.01. The van der Waals surface area contributed by atoms with Gasteiger partial charge in [0.25, 0.3) is 11.6 Å². The first-order valence-corrected chi connectivity index (χ1v) is 9.31. The minimum absolute atomic E-state index is 0.00930. The maximum atomic E-state index is 12.3. The lowest BCUT2D eigenvalue weighted by atomic mass is 10.1. The lowest BCUT2D eigenvalue weighted by molar-refractivity contribution is -0.385.